The zero-order valence-electron chi connectivity index (χ0n) is 11.7. The molecule has 1 aromatic heterocycles. The van der Waals surface area contributed by atoms with Crippen molar-refractivity contribution in [2.24, 2.45) is 5.41 Å². The normalized spacial score (nSPS) is 11.8. The number of tetrazole rings is 1. The SMILES string of the molecule is CCC(C)(C)Cn1nnnc1-c1cc(N)c(F)cc1F. The number of halogens is 2. The number of rotatable bonds is 4. The lowest BCUT2D eigenvalue weighted by Gasteiger charge is -2.22. The second-order valence-corrected chi connectivity index (χ2v) is 5.53. The zero-order chi connectivity index (χ0) is 14.9. The molecule has 108 valence electrons. The summed E-state index contributed by atoms with van der Waals surface area (Å²) in [7, 11) is 0. The molecule has 0 aliphatic heterocycles. The van der Waals surface area contributed by atoms with Crippen molar-refractivity contribution in [2.45, 2.75) is 33.7 Å². The van der Waals surface area contributed by atoms with Crippen LogP contribution < -0.4 is 5.73 Å². The van der Waals surface area contributed by atoms with Gasteiger partial charge >= 0.3 is 0 Å². The highest BCUT2D eigenvalue weighted by Gasteiger charge is 2.22. The fraction of sp³-hybridized carbons (Fsp3) is 0.462. The lowest BCUT2D eigenvalue weighted by molar-refractivity contribution is 0.279. The Bertz CT molecular complexity index is 621. The van der Waals surface area contributed by atoms with Crippen LogP contribution in [0.5, 0.6) is 0 Å². The maximum atomic E-state index is 13.9. The Morgan fingerprint density at radius 2 is 1.95 bits per heavy atom. The number of nitrogen functional groups attached to an aromatic ring is 1. The maximum Gasteiger partial charge on any atom is 0.185 e. The molecule has 0 amide bonds. The van der Waals surface area contributed by atoms with E-state index in [1.807, 2.05) is 0 Å². The highest BCUT2D eigenvalue weighted by Crippen LogP contribution is 2.28. The number of hydrogen-bond donors (Lipinski definition) is 1. The maximum absolute atomic E-state index is 13.9. The molecule has 0 saturated carbocycles. The van der Waals surface area contributed by atoms with E-state index in [0.29, 0.717) is 6.54 Å². The van der Waals surface area contributed by atoms with Crippen molar-refractivity contribution in [3.63, 3.8) is 0 Å². The summed E-state index contributed by atoms with van der Waals surface area (Å²) in [5.74, 6) is -1.28. The van der Waals surface area contributed by atoms with Gasteiger partial charge < -0.3 is 5.73 Å². The molecule has 0 unspecified atom stereocenters. The number of hydrogen-bond acceptors (Lipinski definition) is 4. The van der Waals surface area contributed by atoms with Gasteiger partial charge in [-0.2, -0.15) is 0 Å². The molecular formula is C13H17F2N5. The predicted molar refractivity (Wildman–Crippen MR) is 71.7 cm³/mol. The lowest BCUT2D eigenvalue weighted by Crippen LogP contribution is -2.20. The lowest BCUT2D eigenvalue weighted by atomic mass is 9.90. The Morgan fingerprint density at radius 1 is 1.25 bits per heavy atom. The number of anilines is 1. The molecule has 0 spiro atoms. The molecule has 1 heterocycles. The molecule has 0 aliphatic carbocycles. The first-order chi connectivity index (χ1) is 9.34. The Balaban J connectivity index is 2.45. The van der Waals surface area contributed by atoms with Gasteiger partial charge in [0.25, 0.3) is 0 Å². The van der Waals surface area contributed by atoms with E-state index in [2.05, 4.69) is 36.3 Å². The van der Waals surface area contributed by atoms with Crippen molar-refractivity contribution >= 4 is 5.69 Å². The fourth-order valence-corrected chi connectivity index (χ4v) is 1.76. The molecule has 0 fully saturated rings. The first-order valence-electron chi connectivity index (χ1n) is 6.35. The van der Waals surface area contributed by atoms with Gasteiger partial charge in [-0.05, 0) is 28.3 Å². The van der Waals surface area contributed by atoms with E-state index in [-0.39, 0.29) is 22.5 Å². The summed E-state index contributed by atoms with van der Waals surface area (Å²) < 4.78 is 28.6. The molecule has 2 aromatic rings. The Labute approximate surface area is 115 Å². The van der Waals surface area contributed by atoms with Gasteiger partial charge in [0, 0.05) is 6.07 Å². The van der Waals surface area contributed by atoms with Gasteiger partial charge in [-0.1, -0.05) is 20.8 Å². The van der Waals surface area contributed by atoms with Crippen molar-refractivity contribution < 1.29 is 8.78 Å². The number of nitrogens with zero attached hydrogens (tertiary/aromatic N) is 4. The second-order valence-electron chi connectivity index (χ2n) is 5.53. The molecule has 0 saturated heterocycles. The van der Waals surface area contributed by atoms with Gasteiger partial charge in [-0.25, -0.2) is 13.5 Å². The highest BCUT2D eigenvalue weighted by molar-refractivity contribution is 5.62. The monoisotopic (exact) mass is 281 g/mol. The van der Waals surface area contributed by atoms with Crippen LogP contribution in [0.3, 0.4) is 0 Å². The van der Waals surface area contributed by atoms with E-state index in [1.54, 1.807) is 0 Å². The summed E-state index contributed by atoms with van der Waals surface area (Å²) in [6.45, 7) is 6.71. The van der Waals surface area contributed by atoms with E-state index in [1.165, 1.54) is 10.7 Å². The van der Waals surface area contributed by atoms with Crippen LogP contribution in [-0.2, 0) is 6.54 Å². The van der Waals surface area contributed by atoms with Crippen molar-refractivity contribution in [3.8, 4) is 11.4 Å². The Morgan fingerprint density at radius 3 is 2.60 bits per heavy atom. The Hall–Kier alpha value is -2.05. The predicted octanol–water partition coefficient (Wildman–Crippen LogP) is 2.64. The average Bonchev–Trinajstić information content (AvgIpc) is 2.81. The minimum Gasteiger partial charge on any atom is -0.396 e. The van der Waals surface area contributed by atoms with Crippen LogP contribution in [0.15, 0.2) is 12.1 Å². The van der Waals surface area contributed by atoms with Crippen molar-refractivity contribution in [3.05, 3.63) is 23.8 Å². The third-order valence-electron chi connectivity index (χ3n) is 3.39. The molecule has 5 nitrogen and oxygen atoms in total. The zero-order valence-corrected chi connectivity index (χ0v) is 11.7. The summed E-state index contributed by atoms with van der Waals surface area (Å²) in [4.78, 5) is 0. The first kappa shape index (κ1) is 14.4. The third-order valence-corrected chi connectivity index (χ3v) is 3.39. The molecule has 0 aliphatic rings. The molecule has 7 heteroatoms. The largest absolute Gasteiger partial charge is 0.396 e. The van der Waals surface area contributed by atoms with Gasteiger partial charge in [0.05, 0.1) is 17.8 Å². The molecule has 2 N–H and O–H groups in total. The van der Waals surface area contributed by atoms with Gasteiger partial charge in [0.2, 0.25) is 0 Å². The summed E-state index contributed by atoms with van der Waals surface area (Å²) in [6.07, 6.45) is 0.917. The van der Waals surface area contributed by atoms with E-state index in [9.17, 15) is 8.78 Å². The third kappa shape index (κ3) is 2.76. The molecular weight excluding hydrogens is 264 g/mol. The van der Waals surface area contributed by atoms with Crippen LogP contribution in [0.2, 0.25) is 0 Å². The van der Waals surface area contributed by atoms with Gasteiger partial charge in [0.1, 0.15) is 11.6 Å². The molecule has 0 radical (unpaired) electrons. The van der Waals surface area contributed by atoms with Crippen LogP contribution in [0.4, 0.5) is 14.5 Å². The van der Waals surface area contributed by atoms with Crippen molar-refractivity contribution in [1.29, 1.82) is 0 Å². The highest BCUT2D eigenvalue weighted by atomic mass is 19.1. The summed E-state index contributed by atoms with van der Waals surface area (Å²) in [5, 5.41) is 11.3. The van der Waals surface area contributed by atoms with Crippen molar-refractivity contribution in [2.75, 3.05) is 5.73 Å². The summed E-state index contributed by atoms with van der Waals surface area (Å²) in [5.41, 5.74) is 5.41. The minimum atomic E-state index is -0.792. The topological polar surface area (TPSA) is 69.6 Å². The van der Waals surface area contributed by atoms with E-state index in [0.717, 1.165) is 12.5 Å². The standard InChI is InChI=1S/C13H17F2N5/c1-4-13(2,3)7-20-12(17-18-19-20)8-5-11(16)10(15)6-9(8)14/h5-6H,4,7,16H2,1-3H3. The van der Waals surface area contributed by atoms with Gasteiger partial charge in [-0.15, -0.1) is 5.10 Å². The quantitative estimate of drug-likeness (QED) is 0.875. The average molecular weight is 281 g/mol. The summed E-state index contributed by atoms with van der Waals surface area (Å²) >= 11 is 0. The first-order valence-corrected chi connectivity index (χ1v) is 6.35. The second kappa shape index (κ2) is 5.15. The molecule has 0 bridgehead atoms. The van der Waals surface area contributed by atoms with E-state index < -0.39 is 11.6 Å². The van der Waals surface area contributed by atoms with Crippen molar-refractivity contribution in [1.82, 2.24) is 20.2 Å². The van der Waals surface area contributed by atoms with Crippen LogP contribution in [0.1, 0.15) is 27.2 Å². The Kier molecular flexibility index (Phi) is 3.69. The molecule has 0 atom stereocenters. The van der Waals surface area contributed by atoms with E-state index >= 15 is 0 Å². The molecule has 2 rings (SSSR count). The summed E-state index contributed by atoms with van der Waals surface area (Å²) in [6, 6.07) is 1.96. The van der Waals surface area contributed by atoms with Gasteiger partial charge in [-0.3, -0.25) is 0 Å². The number of aromatic nitrogens is 4. The van der Waals surface area contributed by atoms with Crippen LogP contribution >= 0.6 is 0 Å². The van der Waals surface area contributed by atoms with Crippen LogP contribution in [-0.4, -0.2) is 20.2 Å². The molecule has 20 heavy (non-hydrogen) atoms. The minimum absolute atomic E-state index is 0.0355. The number of nitrogens with two attached hydrogens (primary N) is 1. The molecule has 1 aromatic carbocycles. The van der Waals surface area contributed by atoms with E-state index in [4.69, 9.17) is 5.73 Å². The van der Waals surface area contributed by atoms with Crippen LogP contribution in [0.25, 0.3) is 11.4 Å². The smallest absolute Gasteiger partial charge is 0.185 e. The van der Waals surface area contributed by atoms with Crippen LogP contribution in [0, 0.1) is 17.0 Å². The van der Waals surface area contributed by atoms with Gasteiger partial charge in [0.15, 0.2) is 5.82 Å². The fourth-order valence-electron chi connectivity index (χ4n) is 1.76. The number of benzene rings is 1.